The maximum Gasteiger partial charge on any atom is 0.265 e. The first-order chi connectivity index (χ1) is 15.0. The monoisotopic (exact) mass is 495 g/mol. The van der Waals surface area contributed by atoms with Gasteiger partial charge in [-0.15, -0.1) is 0 Å². The number of sulfonamides is 2. The van der Waals surface area contributed by atoms with Gasteiger partial charge in [0.15, 0.2) is 0 Å². The third-order valence-corrected chi connectivity index (χ3v) is 6.92. The molecule has 0 saturated carbocycles. The largest absolute Gasteiger partial charge is 0.495 e. The molecule has 0 spiro atoms. The summed E-state index contributed by atoms with van der Waals surface area (Å²) in [6, 6.07) is 15.4. The summed E-state index contributed by atoms with van der Waals surface area (Å²) in [6.07, 6.45) is 0. The maximum absolute atomic E-state index is 12.9. The normalized spacial score (nSPS) is 11.6. The number of methoxy groups -OCH3 is 1. The van der Waals surface area contributed by atoms with Gasteiger partial charge in [-0.2, -0.15) is 0 Å². The fourth-order valence-electron chi connectivity index (χ4n) is 2.71. The molecule has 0 aliphatic carbocycles. The number of anilines is 2. The van der Waals surface area contributed by atoms with Crippen LogP contribution in [0.2, 0.25) is 5.02 Å². The summed E-state index contributed by atoms with van der Waals surface area (Å²) < 4.78 is 56.1. The fourth-order valence-corrected chi connectivity index (χ4v) is 4.74. The van der Waals surface area contributed by atoms with E-state index in [2.05, 4.69) is 10.0 Å². The molecule has 0 heterocycles. The first kappa shape index (κ1) is 23.5. The number of hydrogen-bond donors (Lipinski definition) is 3. The van der Waals surface area contributed by atoms with Crippen molar-refractivity contribution in [3.05, 3.63) is 77.3 Å². The predicted molar refractivity (Wildman–Crippen MR) is 121 cm³/mol. The van der Waals surface area contributed by atoms with Crippen LogP contribution in [0.4, 0.5) is 11.4 Å². The summed E-state index contributed by atoms with van der Waals surface area (Å²) in [5.74, 6) is -0.529. The summed E-state index contributed by atoms with van der Waals surface area (Å²) in [7, 11) is -6.69. The molecule has 3 aromatic rings. The van der Waals surface area contributed by atoms with Crippen LogP contribution in [0.1, 0.15) is 10.4 Å². The molecule has 12 heteroatoms. The van der Waals surface area contributed by atoms with Crippen molar-refractivity contribution in [2.24, 2.45) is 5.14 Å². The lowest BCUT2D eigenvalue weighted by Crippen LogP contribution is -2.16. The lowest BCUT2D eigenvalue weighted by molar-refractivity contribution is 0.102. The van der Waals surface area contributed by atoms with Crippen molar-refractivity contribution >= 4 is 48.9 Å². The second-order valence-corrected chi connectivity index (χ2v) is 10.1. The van der Waals surface area contributed by atoms with Crippen molar-refractivity contribution in [2.75, 3.05) is 17.1 Å². The van der Waals surface area contributed by atoms with Gasteiger partial charge in [0.1, 0.15) is 10.6 Å². The van der Waals surface area contributed by atoms with Crippen LogP contribution in [0.5, 0.6) is 5.75 Å². The molecular weight excluding hydrogens is 478 g/mol. The van der Waals surface area contributed by atoms with Crippen molar-refractivity contribution in [3.63, 3.8) is 0 Å². The Morgan fingerprint density at radius 1 is 0.969 bits per heavy atom. The zero-order valence-electron chi connectivity index (χ0n) is 16.6. The zero-order valence-corrected chi connectivity index (χ0v) is 19.0. The molecule has 0 bridgehead atoms. The lowest BCUT2D eigenvalue weighted by atomic mass is 10.2. The van der Waals surface area contributed by atoms with E-state index in [0.717, 1.165) is 0 Å². The highest BCUT2D eigenvalue weighted by molar-refractivity contribution is 7.92. The van der Waals surface area contributed by atoms with Crippen LogP contribution >= 0.6 is 11.6 Å². The summed E-state index contributed by atoms with van der Waals surface area (Å²) in [5, 5.41) is 7.82. The van der Waals surface area contributed by atoms with Gasteiger partial charge < -0.3 is 10.1 Å². The first-order valence-corrected chi connectivity index (χ1v) is 12.3. The molecule has 9 nitrogen and oxygen atoms in total. The number of nitrogens with two attached hydrogens (primary N) is 1. The molecule has 4 N–H and O–H groups in total. The molecule has 0 unspecified atom stereocenters. The summed E-state index contributed by atoms with van der Waals surface area (Å²) in [6.45, 7) is 0. The second-order valence-electron chi connectivity index (χ2n) is 6.47. The van der Waals surface area contributed by atoms with E-state index in [-0.39, 0.29) is 37.5 Å². The Bertz CT molecular complexity index is 1370. The molecule has 0 atom stereocenters. The molecule has 0 aliphatic heterocycles. The number of nitrogens with one attached hydrogen (secondary N) is 2. The number of amides is 1. The molecular formula is C20H18ClN3O6S2. The van der Waals surface area contributed by atoms with Crippen LogP contribution in [-0.2, 0) is 20.0 Å². The number of rotatable bonds is 7. The van der Waals surface area contributed by atoms with Crippen molar-refractivity contribution < 1.29 is 26.4 Å². The van der Waals surface area contributed by atoms with Crippen molar-refractivity contribution in [2.45, 2.75) is 9.79 Å². The Hall–Kier alpha value is -3.12. The van der Waals surface area contributed by atoms with E-state index in [1.807, 2.05) is 0 Å². The van der Waals surface area contributed by atoms with E-state index in [9.17, 15) is 21.6 Å². The van der Waals surface area contributed by atoms with Gasteiger partial charge in [-0.25, -0.2) is 22.0 Å². The Morgan fingerprint density at radius 2 is 1.62 bits per heavy atom. The van der Waals surface area contributed by atoms with E-state index in [0.29, 0.717) is 0 Å². The van der Waals surface area contributed by atoms with Crippen LogP contribution in [-0.4, -0.2) is 29.9 Å². The van der Waals surface area contributed by atoms with Gasteiger partial charge in [0.2, 0.25) is 10.0 Å². The summed E-state index contributed by atoms with van der Waals surface area (Å²) >= 11 is 6.04. The Balaban J connectivity index is 1.89. The molecule has 168 valence electrons. The van der Waals surface area contributed by atoms with Gasteiger partial charge in [0.25, 0.3) is 15.9 Å². The number of hydrogen-bond acceptors (Lipinski definition) is 6. The molecule has 3 rings (SSSR count). The third-order valence-electron chi connectivity index (χ3n) is 4.27. The number of para-hydroxylation sites is 1. The molecule has 3 aromatic carbocycles. The van der Waals surface area contributed by atoms with Crippen molar-refractivity contribution in [1.29, 1.82) is 0 Å². The third kappa shape index (κ3) is 5.37. The van der Waals surface area contributed by atoms with E-state index in [4.69, 9.17) is 21.5 Å². The topological polar surface area (TPSA) is 145 Å². The van der Waals surface area contributed by atoms with Gasteiger partial charge in [0.05, 0.1) is 22.7 Å². The minimum absolute atomic E-state index is 0.0556. The minimum atomic E-state index is -4.11. The molecule has 0 aromatic heterocycles. The van der Waals surface area contributed by atoms with Crippen molar-refractivity contribution in [3.8, 4) is 5.75 Å². The quantitative estimate of drug-likeness (QED) is 0.459. The van der Waals surface area contributed by atoms with Gasteiger partial charge >= 0.3 is 0 Å². The highest BCUT2D eigenvalue weighted by atomic mass is 35.5. The van der Waals surface area contributed by atoms with Gasteiger partial charge in [-0.3, -0.25) is 9.52 Å². The maximum atomic E-state index is 12.9. The van der Waals surface area contributed by atoms with E-state index >= 15 is 0 Å². The van der Waals surface area contributed by atoms with Gasteiger partial charge in [-0.05, 0) is 54.6 Å². The highest BCUT2D eigenvalue weighted by Gasteiger charge is 2.22. The van der Waals surface area contributed by atoms with Gasteiger partial charge in [0, 0.05) is 11.3 Å². The standard InChI is InChI=1S/C20H18ClN3O6S2/c1-30-18-11-8-14(23-20(25)13-6-9-15(10-7-13)31(22,26)27)12-19(18)32(28,29)24-17-5-3-2-4-16(17)21/h2-12,24H,1H3,(H,23,25)(H2,22,26,27). The highest BCUT2D eigenvalue weighted by Crippen LogP contribution is 2.31. The van der Waals surface area contributed by atoms with Crippen molar-refractivity contribution in [1.82, 2.24) is 0 Å². The van der Waals surface area contributed by atoms with Crippen LogP contribution < -0.4 is 19.9 Å². The number of carbonyl (C=O) groups is 1. The number of carbonyl (C=O) groups excluding carboxylic acids is 1. The smallest absolute Gasteiger partial charge is 0.265 e. The Kier molecular flexibility index (Phi) is 6.74. The molecule has 0 aliphatic rings. The molecule has 32 heavy (non-hydrogen) atoms. The average molecular weight is 496 g/mol. The van der Waals surface area contributed by atoms with Gasteiger partial charge in [-0.1, -0.05) is 23.7 Å². The van der Waals surface area contributed by atoms with Crippen LogP contribution in [0.3, 0.4) is 0 Å². The molecule has 0 radical (unpaired) electrons. The second kappa shape index (κ2) is 9.17. The predicted octanol–water partition coefficient (Wildman–Crippen LogP) is 3.05. The fraction of sp³-hybridized carbons (Fsp3) is 0.0500. The Labute approximate surface area is 190 Å². The Morgan fingerprint density at radius 3 is 2.22 bits per heavy atom. The summed E-state index contributed by atoms with van der Waals surface area (Å²) in [4.78, 5) is 12.2. The first-order valence-electron chi connectivity index (χ1n) is 8.91. The van der Waals surface area contributed by atoms with Crippen LogP contribution in [0.15, 0.2) is 76.5 Å². The van der Waals surface area contributed by atoms with Crippen LogP contribution in [0.25, 0.3) is 0 Å². The van der Waals surface area contributed by atoms with E-state index in [1.54, 1.807) is 12.1 Å². The molecule has 0 fully saturated rings. The average Bonchev–Trinajstić information content (AvgIpc) is 2.74. The number of halogens is 1. The lowest BCUT2D eigenvalue weighted by Gasteiger charge is -2.14. The summed E-state index contributed by atoms with van der Waals surface area (Å²) in [5.41, 5.74) is 0.498. The van der Waals surface area contributed by atoms with E-state index in [1.165, 1.54) is 61.7 Å². The minimum Gasteiger partial charge on any atom is -0.495 e. The van der Waals surface area contributed by atoms with Crippen LogP contribution in [0, 0.1) is 0 Å². The molecule has 0 saturated heterocycles. The SMILES string of the molecule is COc1ccc(NC(=O)c2ccc(S(N)(=O)=O)cc2)cc1S(=O)(=O)Nc1ccccc1Cl. The number of primary sulfonamides is 1. The number of benzene rings is 3. The van der Waals surface area contributed by atoms with E-state index < -0.39 is 26.0 Å². The molecule has 1 amide bonds. The number of ether oxygens (including phenoxy) is 1. The zero-order chi connectivity index (χ0) is 23.5.